The number of benzene rings is 1. The average Bonchev–Trinajstić information content (AvgIpc) is 2.64. The Kier molecular flexibility index (Phi) is 3.47. The van der Waals surface area contributed by atoms with Crippen LogP contribution in [0.5, 0.6) is 0 Å². The Bertz CT molecular complexity index is 525. The first-order valence-corrected chi connectivity index (χ1v) is 6.05. The number of aromatic nitrogens is 2. The van der Waals surface area contributed by atoms with Gasteiger partial charge in [-0.3, -0.25) is 0 Å². The monoisotopic (exact) mass is 254 g/mol. The molecule has 1 aromatic heterocycles. The van der Waals surface area contributed by atoms with Gasteiger partial charge in [-0.25, -0.2) is 13.8 Å². The molecule has 0 amide bonds. The summed E-state index contributed by atoms with van der Waals surface area (Å²) >= 11 is 1.44. The van der Waals surface area contributed by atoms with Gasteiger partial charge in [-0.1, -0.05) is 17.8 Å². The third-order valence-corrected chi connectivity index (χ3v) is 3.67. The van der Waals surface area contributed by atoms with Crippen molar-refractivity contribution < 1.29 is 8.78 Å². The van der Waals surface area contributed by atoms with Crippen molar-refractivity contribution >= 4 is 11.8 Å². The van der Waals surface area contributed by atoms with Crippen LogP contribution in [0.2, 0.25) is 0 Å². The van der Waals surface area contributed by atoms with Gasteiger partial charge in [-0.15, -0.1) is 0 Å². The van der Waals surface area contributed by atoms with Crippen LogP contribution in [0.25, 0.3) is 0 Å². The van der Waals surface area contributed by atoms with Crippen molar-refractivity contribution in [2.24, 2.45) is 7.05 Å². The lowest BCUT2D eigenvalue weighted by atomic mass is 10.1. The van der Waals surface area contributed by atoms with Crippen LogP contribution in [-0.2, 0) is 7.05 Å². The topological polar surface area (TPSA) is 17.8 Å². The van der Waals surface area contributed by atoms with Crippen LogP contribution in [0, 0.1) is 11.6 Å². The molecular formula is C12H12F2N2S. The predicted octanol–water partition coefficient (Wildman–Crippen LogP) is 3.55. The molecule has 1 aromatic carbocycles. The minimum Gasteiger partial charge on any atom is -0.329 e. The molecule has 0 aliphatic heterocycles. The number of thioether (sulfide) groups is 1. The zero-order valence-corrected chi connectivity index (χ0v) is 10.3. The summed E-state index contributed by atoms with van der Waals surface area (Å²) in [7, 11) is 1.88. The number of halogens is 2. The largest absolute Gasteiger partial charge is 0.329 e. The Balaban J connectivity index is 2.20. The molecule has 0 saturated carbocycles. The molecule has 5 heteroatoms. The van der Waals surface area contributed by atoms with E-state index in [-0.39, 0.29) is 5.25 Å². The Hall–Kier alpha value is -1.36. The lowest BCUT2D eigenvalue weighted by Gasteiger charge is -2.12. The normalized spacial score (nSPS) is 12.7. The minimum atomic E-state index is -0.555. The Labute approximate surface area is 103 Å². The van der Waals surface area contributed by atoms with Gasteiger partial charge < -0.3 is 4.57 Å². The molecule has 2 nitrogen and oxygen atoms in total. The first-order chi connectivity index (χ1) is 8.08. The molecule has 2 rings (SSSR count). The smallest absolute Gasteiger partial charge is 0.168 e. The van der Waals surface area contributed by atoms with E-state index in [1.54, 1.807) is 6.20 Å². The predicted molar refractivity (Wildman–Crippen MR) is 63.8 cm³/mol. The van der Waals surface area contributed by atoms with Gasteiger partial charge in [0.25, 0.3) is 0 Å². The number of hydrogen-bond donors (Lipinski definition) is 0. The van der Waals surface area contributed by atoms with Crippen molar-refractivity contribution in [1.82, 2.24) is 9.55 Å². The SMILES string of the molecule is CC(Sc1nccn1C)c1ccc(F)cc1F. The van der Waals surface area contributed by atoms with Gasteiger partial charge in [0.1, 0.15) is 11.6 Å². The molecule has 0 fully saturated rings. The van der Waals surface area contributed by atoms with Gasteiger partial charge in [0.2, 0.25) is 0 Å². The molecule has 1 unspecified atom stereocenters. The molecular weight excluding hydrogens is 242 g/mol. The highest BCUT2D eigenvalue weighted by atomic mass is 32.2. The van der Waals surface area contributed by atoms with Crippen molar-refractivity contribution in [2.45, 2.75) is 17.3 Å². The van der Waals surface area contributed by atoms with Crippen LogP contribution < -0.4 is 0 Å². The van der Waals surface area contributed by atoms with Crippen LogP contribution >= 0.6 is 11.8 Å². The highest BCUT2D eigenvalue weighted by Crippen LogP contribution is 2.34. The van der Waals surface area contributed by atoms with Crippen molar-refractivity contribution in [3.8, 4) is 0 Å². The van der Waals surface area contributed by atoms with Crippen LogP contribution in [0.4, 0.5) is 8.78 Å². The second-order valence-corrected chi connectivity index (χ2v) is 5.05. The molecule has 0 aliphatic carbocycles. The van der Waals surface area contributed by atoms with E-state index in [1.807, 2.05) is 24.7 Å². The molecule has 0 N–H and O–H groups in total. The molecule has 0 bridgehead atoms. The third-order valence-electron chi connectivity index (χ3n) is 2.46. The number of nitrogens with zero attached hydrogens (tertiary/aromatic N) is 2. The van der Waals surface area contributed by atoms with Crippen molar-refractivity contribution in [1.29, 1.82) is 0 Å². The van der Waals surface area contributed by atoms with Crippen molar-refractivity contribution in [3.05, 3.63) is 47.8 Å². The highest BCUT2D eigenvalue weighted by Gasteiger charge is 2.14. The lowest BCUT2D eigenvalue weighted by Crippen LogP contribution is -1.97. The van der Waals surface area contributed by atoms with Crippen LogP contribution in [0.1, 0.15) is 17.7 Å². The van der Waals surface area contributed by atoms with E-state index in [4.69, 9.17) is 0 Å². The summed E-state index contributed by atoms with van der Waals surface area (Å²) in [4.78, 5) is 4.16. The zero-order valence-electron chi connectivity index (χ0n) is 9.52. The summed E-state index contributed by atoms with van der Waals surface area (Å²) < 4.78 is 28.2. The molecule has 0 radical (unpaired) electrons. The fourth-order valence-corrected chi connectivity index (χ4v) is 2.50. The van der Waals surface area contributed by atoms with E-state index in [2.05, 4.69) is 4.98 Å². The van der Waals surface area contributed by atoms with Gasteiger partial charge >= 0.3 is 0 Å². The molecule has 17 heavy (non-hydrogen) atoms. The molecule has 1 atom stereocenters. The lowest BCUT2D eigenvalue weighted by molar-refractivity contribution is 0.572. The van der Waals surface area contributed by atoms with Crippen molar-refractivity contribution in [3.63, 3.8) is 0 Å². The fraction of sp³-hybridized carbons (Fsp3) is 0.250. The number of hydrogen-bond acceptors (Lipinski definition) is 2. The Morgan fingerprint density at radius 1 is 1.35 bits per heavy atom. The summed E-state index contributed by atoms with van der Waals surface area (Å²) in [6, 6.07) is 3.66. The zero-order chi connectivity index (χ0) is 12.4. The molecule has 2 aromatic rings. The average molecular weight is 254 g/mol. The molecule has 1 heterocycles. The minimum absolute atomic E-state index is 0.114. The maximum Gasteiger partial charge on any atom is 0.168 e. The van der Waals surface area contributed by atoms with E-state index in [0.29, 0.717) is 5.56 Å². The summed E-state index contributed by atoms with van der Waals surface area (Å²) in [5.41, 5.74) is 0.486. The Morgan fingerprint density at radius 2 is 2.12 bits per heavy atom. The van der Waals surface area contributed by atoms with Gasteiger partial charge in [0.15, 0.2) is 5.16 Å². The standard InChI is InChI=1S/C12H12F2N2S/c1-8(17-12-15-5-6-16(12)2)10-4-3-9(13)7-11(10)14/h3-8H,1-2H3. The van der Waals surface area contributed by atoms with Gasteiger partial charge in [-0.05, 0) is 13.0 Å². The fourth-order valence-electron chi connectivity index (χ4n) is 1.52. The summed E-state index contributed by atoms with van der Waals surface area (Å²) in [5, 5.41) is 0.693. The van der Waals surface area contributed by atoms with E-state index >= 15 is 0 Å². The first kappa shape index (κ1) is 12.1. The second kappa shape index (κ2) is 4.87. The van der Waals surface area contributed by atoms with E-state index in [0.717, 1.165) is 11.2 Å². The van der Waals surface area contributed by atoms with Gasteiger partial charge in [-0.2, -0.15) is 0 Å². The van der Waals surface area contributed by atoms with E-state index < -0.39 is 11.6 Å². The third kappa shape index (κ3) is 2.66. The van der Waals surface area contributed by atoms with Gasteiger partial charge in [0.05, 0.1) is 0 Å². The molecule has 90 valence electrons. The Morgan fingerprint density at radius 3 is 2.71 bits per heavy atom. The second-order valence-electron chi connectivity index (χ2n) is 3.75. The first-order valence-electron chi connectivity index (χ1n) is 5.17. The number of rotatable bonds is 3. The van der Waals surface area contributed by atoms with Gasteiger partial charge in [0, 0.05) is 36.3 Å². The number of imidazole rings is 1. The van der Waals surface area contributed by atoms with Crippen LogP contribution in [0.15, 0.2) is 35.7 Å². The van der Waals surface area contributed by atoms with E-state index in [1.165, 1.54) is 23.9 Å². The van der Waals surface area contributed by atoms with Crippen LogP contribution in [-0.4, -0.2) is 9.55 Å². The highest BCUT2D eigenvalue weighted by molar-refractivity contribution is 7.99. The molecule has 0 spiro atoms. The van der Waals surface area contributed by atoms with E-state index in [9.17, 15) is 8.78 Å². The maximum atomic E-state index is 13.5. The summed E-state index contributed by atoms with van der Waals surface area (Å²) in [5.74, 6) is -1.07. The quantitative estimate of drug-likeness (QED) is 0.779. The van der Waals surface area contributed by atoms with Crippen molar-refractivity contribution in [2.75, 3.05) is 0 Å². The maximum absolute atomic E-state index is 13.5. The summed E-state index contributed by atoms with van der Waals surface area (Å²) in [6.07, 6.45) is 3.52. The number of aryl methyl sites for hydroxylation is 1. The molecule has 0 aliphatic rings. The van der Waals surface area contributed by atoms with Crippen LogP contribution in [0.3, 0.4) is 0 Å². The molecule has 0 saturated heterocycles. The summed E-state index contributed by atoms with van der Waals surface area (Å²) in [6.45, 7) is 1.87.